The first-order valence-corrected chi connectivity index (χ1v) is 2.87. The van der Waals surface area contributed by atoms with E-state index in [1.807, 2.05) is 0 Å². The van der Waals surface area contributed by atoms with Gasteiger partial charge in [-0.3, -0.25) is 9.59 Å². The number of amides is 1. The lowest BCUT2D eigenvalue weighted by Gasteiger charge is -2.11. The predicted molar refractivity (Wildman–Crippen MR) is 34.8 cm³/mol. The molecule has 0 rings (SSSR count). The average Bonchev–Trinajstić information content (AvgIpc) is 2.03. The summed E-state index contributed by atoms with van der Waals surface area (Å²) in [6, 6.07) is 0. The average molecular weight is 157 g/mol. The molecule has 0 spiro atoms. The van der Waals surface area contributed by atoms with Gasteiger partial charge in [0.05, 0.1) is 13.1 Å². The zero-order valence-corrected chi connectivity index (χ0v) is 5.73. The molecule has 0 bridgehead atoms. The predicted octanol–water partition coefficient (Wildman–Crippen LogP) is -1.59. The maximum Gasteiger partial charge on any atom is 0.287 e. The van der Waals surface area contributed by atoms with Crippen LogP contribution in [-0.2, 0) is 19.2 Å². The van der Waals surface area contributed by atoms with Crippen molar-refractivity contribution in [1.29, 1.82) is 0 Å². The molecule has 5 nitrogen and oxygen atoms in total. The van der Waals surface area contributed by atoms with E-state index in [4.69, 9.17) is 0 Å². The van der Waals surface area contributed by atoms with E-state index in [0.29, 0.717) is 12.6 Å². The van der Waals surface area contributed by atoms with Crippen LogP contribution in [0.15, 0.2) is 0 Å². The van der Waals surface area contributed by atoms with E-state index >= 15 is 0 Å². The second kappa shape index (κ2) is 5.28. The van der Waals surface area contributed by atoms with Crippen molar-refractivity contribution in [2.24, 2.45) is 0 Å². The van der Waals surface area contributed by atoms with Gasteiger partial charge < -0.3 is 14.5 Å². The van der Waals surface area contributed by atoms with Gasteiger partial charge in [-0.25, -0.2) is 0 Å². The number of aldehydes is 3. The van der Waals surface area contributed by atoms with Crippen LogP contribution in [0.2, 0.25) is 0 Å². The molecule has 0 heterocycles. The van der Waals surface area contributed by atoms with Gasteiger partial charge in [0.2, 0.25) is 6.29 Å². The van der Waals surface area contributed by atoms with Crippen molar-refractivity contribution < 1.29 is 19.2 Å². The highest BCUT2D eigenvalue weighted by atomic mass is 16.2. The summed E-state index contributed by atoms with van der Waals surface area (Å²) in [6.45, 7) is -0.452. The molecular weight excluding hydrogens is 150 g/mol. The van der Waals surface area contributed by atoms with E-state index in [0.717, 1.165) is 4.90 Å². The van der Waals surface area contributed by atoms with Crippen LogP contribution in [0.5, 0.6) is 0 Å². The molecule has 0 aliphatic rings. The molecule has 0 aromatic carbocycles. The van der Waals surface area contributed by atoms with Gasteiger partial charge in [0.1, 0.15) is 12.6 Å². The Hall–Kier alpha value is -1.52. The molecule has 0 N–H and O–H groups in total. The molecule has 0 atom stereocenters. The zero-order valence-electron chi connectivity index (χ0n) is 5.73. The fraction of sp³-hybridized carbons (Fsp3) is 0.333. The summed E-state index contributed by atoms with van der Waals surface area (Å²) in [5.41, 5.74) is 0. The molecule has 0 unspecified atom stereocenters. The van der Waals surface area contributed by atoms with Crippen LogP contribution >= 0.6 is 0 Å². The third-order valence-electron chi connectivity index (χ3n) is 1.00. The van der Waals surface area contributed by atoms with E-state index in [1.165, 1.54) is 0 Å². The van der Waals surface area contributed by atoms with Gasteiger partial charge in [0.25, 0.3) is 5.91 Å². The molecule has 60 valence electrons. The van der Waals surface area contributed by atoms with Crippen LogP contribution in [0.3, 0.4) is 0 Å². The standard InChI is InChI=1S/C6H7NO4/c8-3-1-7(2-4-9)6(11)5-10/h3-5H,1-2H2. The number of hydrogen-bond acceptors (Lipinski definition) is 4. The van der Waals surface area contributed by atoms with Crippen molar-refractivity contribution in [3.05, 3.63) is 0 Å². The van der Waals surface area contributed by atoms with Crippen molar-refractivity contribution in [3.63, 3.8) is 0 Å². The van der Waals surface area contributed by atoms with Crippen LogP contribution in [-0.4, -0.2) is 42.8 Å². The van der Waals surface area contributed by atoms with Crippen LogP contribution in [0, 0.1) is 0 Å². The summed E-state index contributed by atoms with van der Waals surface area (Å²) >= 11 is 0. The van der Waals surface area contributed by atoms with Gasteiger partial charge >= 0.3 is 0 Å². The summed E-state index contributed by atoms with van der Waals surface area (Å²) in [5, 5.41) is 0. The minimum atomic E-state index is -0.857. The van der Waals surface area contributed by atoms with Gasteiger partial charge in [-0.15, -0.1) is 0 Å². The van der Waals surface area contributed by atoms with Crippen LogP contribution in [0.25, 0.3) is 0 Å². The Morgan fingerprint density at radius 1 is 1.09 bits per heavy atom. The maximum absolute atomic E-state index is 10.5. The fourth-order valence-corrected chi connectivity index (χ4v) is 0.509. The molecule has 5 heteroatoms. The third-order valence-corrected chi connectivity index (χ3v) is 1.00. The zero-order chi connectivity index (χ0) is 8.69. The molecule has 0 saturated carbocycles. The SMILES string of the molecule is O=CCN(CC=O)C(=O)C=O. The Balaban J connectivity index is 4.06. The van der Waals surface area contributed by atoms with Crippen molar-refractivity contribution >= 4 is 24.8 Å². The Morgan fingerprint density at radius 2 is 1.55 bits per heavy atom. The lowest BCUT2D eigenvalue weighted by molar-refractivity contribution is -0.140. The topological polar surface area (TPSA) is 71.5 Å². The minimum absolute atomic E-state index is 0.0625. The number of nitrogens with zero attached hydrogens (tertiary/aromatic N) is 1. The molecule has 0 aliphatic carbocycles. The first-order chi connectivity index (χ1) is 5.26. The number of carbonyl (C=O) groups excluding carboxylic acids is 4. The van der Waals surface area contributed by atoms with E-state index in [1.54, 1.807) is 0 Å². The highest BCUT2D eigenvalue weighted by Gasteiger charge is 2.09. The van der Waals surface area contributed by atoms with Crippen molar-refractivity contribution in [3.8, 4) is 0 Å². The maximum atomic E-state index is 10.5. The molecular formula is C6H7NO4. The molecule has 0 aliphatic heterocycles. The largest absolute Gasteiger partial charge is 0.322 e. The van der Waals surface area contributed by atoms with Crippen LogP contribution < -0.4 is 0 Å². The second-order valence-corrected chi connectivity index (χ2v) is 1.69. The molecule has 11 heavy (non-hydrogen) atoms. The Kier molecular flexibility index (Phi) is 4.55. The molecule has 0 fully saturated rings. The fourth-order valence-electron chi connectivity index (χ4n) is 0.509. The normalized spacial score (nSPS) is 8.36. The molecule has 0 saturated heterocycles. The molecule has 1 amide bonds. The second-order valence-electron chi connectivity index (χ2n) is 1.69. The number of hydrogen-bond donors (Lipinski definition) is 0. The quantitative estimate of drug-likeness (QED) is 0.356. The van der Waals surface area contributed by atoms with Gasteiger partial charge in [-0.1, -0.05) is 0 Å². The summed E-state index contributed by atoms with van der Waals surface area (Å²) in [6.07, 6.45) is 0.961. The van der Waals surface area contributed by atoms with Gasteiger partial charge in [-0.2, -0.15) is 0 Å². The Bertz CT molecular complexity index is 167. The van der Waals surface area contributed by atoms with E-state index in [2.05, 4.69) is 0 Å². The van der Waals surface area contributed by atoms with Crippen LogP contribution in [0.1, 0.15) is 0 Å². The number of rotatable bonds is 5. The third kappa shape index (κ3) is 3.24. The lowest BCUT2D eigenvalue weighted by Crippen LogP contribution is -2.34. The Morgan fingerprint density at radius 3 is 1.82 bits per heavy atom. The lowest BCUT2D eigenvalue weighted by atomic mass is 10.5. The minimum Gasteiger partial charge on any atom is -0.322 e. The highest BCUT2D eigenvalue weighted by Crippen LogP contribution is 1.82. The first kappa shape index (κ1) is 9.48. The molecule has 0 aromatic heterocycles. The van der Waals surface area contributed by atoms with Crippen molar-refractivity contribution in [1.82, 2.24) is 4.90 Å². The summed E-state index contributed by atoms with van der Waals surface area (Å²) in [5.74, 6) is -0.857. The summed E-state index contributed by atoms with van der Waals surface area (Å²) in [4.78, 5) is 41.0. The van der Waals surface area contributed by atoms with Gasteiger partial charge in [0.15, 0.2) is 0 Å². The van der Waals surface area contributed by atoms with Gasteiger partial charge in [0, 0.05) is 0 Å². The molecule has 0 aromatic rings. The summed E-state index contributed by atoms with van der Waals surface area (Å²) < 4.78 is 0. The van der Waals surface area contributed by atoms with E-state index in [-0.39, 0.29) is 19.4 Å². The number of carbonyl (C=O) groups is 4. The smallest absolute Gasteiger partial charge is 0.287 e. The monoisotopic (exact) mass is 157 g/mol. The van der Waals surface area contributed by atoms with E-state index < -0.39 is 5.91 Å². The van der Waals surface area contributed by atoms with Crippen molar-refractivity contribution in [2.45, 2.75) is 0 Å². The highest BCUT2D eigenvalue weighted by molar-refractivity contribution is 6.24. The first-order valence-electron chi connectivity index (χ1n) is 2.87. The van der Waals surface area contributed by atoms with E-state index in [9.17, 15) is 19.2 Å². The van der Waals surface area contributed by atoms with Gasteiger partial charge in [-0.05, 0) is 0 Å². The molecule has 0 radical (unpaired) electrons. The van der Waals surface area contributed by atoms with Crippen molar-refractivity contribution in [2.75, 3.05) is 13.1 Å². The Labute approximate surface area is 63.0 Å². The van der Waals surface area contributed by atoms with Crippen LogP contribution in [0.4, 0.5) is 0 Å². The summed E-state index contributed by atoms with van der Waals surface area (Å²) in [7, 11) is 0.